The van der Waals surface area contributed by atoms with Crippen LogP contribution < -0.4 is 5.73 Å². The number of fused-ring (bicyclic) bond motifs is 1. The summed E-state index contributed by atoms with van der Waals surface area (Å²) in [6.45, 7) is 0.435. The maximum Gasteiger partial charge on any atom is 0.123 e. The van der Waals surface area contributed by atoms with Crippen molar-refractivity contribution in [2.24, 2.45) is 5.73 Å². The average Bonchev–Trinajstić information content (AvgIpc) is 2.94. The van der Waals surface area contributed by atoms with Crippen LogP contribution in [0.1, 0.15) is 17.0 Å². The summed E-state index contributed by atoms with van der Waals surface area (Å²) in [5, 5.41) is 7.73. The lowest BCUT2D eigenvalue weighted by Crippen LogP contribution is -2.01. The molecule has 0 radical (unpaired) electrons. The van der Waals surface area contributed by atoms with Crippen LogP contribution in [0.25, 0.3) is 10.9 Å². The number of H-pyrrole nitrogens is 2. The predicted molar refractivity (Wildman–Crippen MR) is 67.5 cm³/mol. The van der Waals surface area contributed by atoms with Crippen molar-refractivity contribution < 1.29 is 4.39 Å². The topological polar surface area (TPSA) is 70.5 Å². The lowest BCUT2D eigenvalue weighted by molar-refractivity contribution is 0.630. The largest absolute Gasteiger partial charge is 0.358 e. The predicted octanol–water partition coefficient (Wildman–Crippen LogP) is 2.08. The number of nitrogens with one attached hydrogen (secondary N) is 2. The Kier molecular flexibility index (Phi) is 2.60. The van der Waals surface area contributed by atoms with Gasteiger partial charge in [0.15, 0.2) is 0 Å². The third-order valence-electron chi connectivity index (χ3n) is 3.03. The molecule has 2 heterocycles. The second kappa shape index (κ2) is 4.27. The van der Waals surface area contributed by atoms with Gasteiger partial charge in [0, 0.05) is 35.1 Å². The highest BCUT2D eigenvalue weighted by atomic mass is 19.1. The molecule has 18 heavy (non-hydrogen) atoms. The van der Waals surface area contributed by atoms with E-state index >= 15 is 0 Å². The fourth-order valence-corrected chi connectivity index (χ4v) is 2.13. The number of nitrogens with zero attached hydrogens (tertiary/aromatic N) is 1. The average molecular weight is 244 g/mol. The van der Waals surface area contributed by atoms with Crippen molar-refractivity contribution in [1.82, 2.24) is 15.2 Å². The molecule has 4 nitrogen and oxygen atoms in total. The van der Waals surface area contributed by atoms with E-state index in [4.69, 9.17) is 5.73 Å². The number of nitrogens with two attached hydrogens (primary N) is 1. The number of halogens is 1. The van der Waals surface area contributed by atoms with E-state index in [1.165, 1.54) is 12.1 Å². The van der Waals surface area contributed by atoms with Crippen molar-refractivity contribution in [2.45, 2.75) is 13.0 Å². The molecule has 4 N–H and O–H groups in total. The molecule has 0 saturated heterocycles. The quantitative estimate of drug-likeness (QED) is 0.660. The molecule has 0 amide bonds. The monoisotopic (exact) mass is 244 g/mol. The standard InChI is InChI=1S/C13H13FN4/c14-10-1-2-12-8(3-10)4-11(17-12)5-9-7-16-18-13(9)6-15/h1-4,7,17H,5-6,15H2,(H,16,18). The van der Waals surface area contributed by atoms with Gasteiger partial charge in [0.2, 0.25) is 0 Å². The van der Waals surface area contributed by atoms with Gasteiger partial charge in [-0.2, -0.15) is 5.10 Å². The van der Waals surface area contributed by atoms with Crippen molar-refractivity contribution in [3.05, 3.63) is 53.2 Å². The van der Waals surface area contributed by atoms with Crippen molar-refractivity contribution in [3.63, 3.8) is 0 Å². The van der Waals surface area contributed by atoms with E-state index in [0.29, 0.717) is 13.0 Å². The van der Waals surface area contributed by atoms with Crippen LogP contribution >= 0.6 is 0 Å². The molecule has 1 aromatic carbocycles. The van der Waals surface area contributed by atoms with Gasteiger partial charge in [0.05, 0.1) is 11.9 Å². The van der Waals surface area contributed by atoms with Crippen LogP contribution in [-0.4, -0.2) is 15.2 Å². The van der Waals surface area contributed by atoms with E-state index in [1.807, 2.05) is 6.07 Å². The summed E-state index contributed by atoms with van der Waals surface area (Å²) in [5.74, 6) is -0.223. The molecule has 3 aromatic rings. The Morgan fingerprint density at radius 3 is 3.00 bits per heavy atom. The zero-order valence-corrected chi connectivity index (χ0v) is 9.70. The highest BCUT2D eigenvalue weighted by Crippen LogP contribution is 2.19. The Hall–Kier alpha value is -2.14. The molecular weight excluding hydrogens is 231 g/mol. The van der Waals surface area contributed by atoms with E-state index in [1.54, 1.807) is 12.3 Å². The molecule has 92 valence electrons. The second-order valence-corrected chi connectivity index (χ2v) is 4.28. The number of aromatic nitrogens is 3. The Morgan fingerprint density at radius 1 is 1.28 bits per heavy atom. The molecule has 0 aliphatic heterocycles. The Bertz CT molecular complexity index is 683. The zero-order chi connectivity index (χ0) is 12.5. The summed E-state index contributed by atoms with van der Waals surface area (Å²) in [7, 11) is 0. The Balaban J connectivity index is 1.95. The summed E-state index contributed by atoms with van der Waals surface area (Å²) >= 11 is 0. The molecule has 0 aliphatic rings. The van der Waals surface area contributed by atoms with Gasteiger partial charge in [-0.1, -0.05) is 0 Å². The van der Waals surface area contributed by atoms with Crippen molar-refractivity contribution in [2.75, 3.05) is 0 Å². The smallest absolute Gasteiger partial charge is 0.123 e. The molecule has 5 heteroatoms. The highest BCUT2D eigenvalue weighted by Gasteiger charge is 2.07. The Labute approximate surface area is 103 Å². The molecular formula is C13H13FN4. The molecule has 0 spiro atoms. The normalized spacial score (nSPS) is 11.2. The van der Waals surface area contributed by atoms with E-state index < -0.39 is 0 Å². The SMILES string of the molecule is NCc1[nH]ncc1Cc1cc2cc(F)ccc2[nH]1. The first-order chi connectivity index (χ1) is 8.76. The summed E-state index contributed by atoms with van der Waals surface area (Å²) in [6, 6.07) is 6.67. The summed E-state index contributed by atoms with van der Waals surface area (Å²) < 4.78 is 13.1. The van der Waals surface area contributed by atoms with Gasteiger partial charge in [0.1, 0.15) is 5.82 Å². The minimum absolute atomic E-state index is 0.223. The highest BCUT2D eigenvalue weighted by molar-refractivity contribution is 5.80. The number of rotatable bonds is 3. The van der Waals surface area contributed by atoms with Gasteiger partial charge >= 0.3 is 0 Å². The first kappa shape index (κ1) is 11.0. The maximum absolute atomic E-state index is 13.1. The molecule has 0 unspecified atom stereocenters. The lowest BCUT2D eigenvalue weighted by Gasteiger charge is -1.98. The van der Waals surface area contributed by atoms with Crippen LogP contribution in [0, 0.1) is 5.82 Å². The van der Waals surface area contributed by atoms with E-state index in [2.05, 4.69) is 15.2 Å². The van der Waals surface area contributed by atoms with Gasteiger partial charge in [-0.15, -0.1) is 0 Å². The minimum Gasteiger partial charge on any atom is -0.358 e. The van der Waals surface area contributed by atoms with Crippen LogP contribution in [0.3, 0.4) is 0 Å². The first-order valence-electron chi connectivity index (χ1n) is 5.74. The zero-order valence-electron chi connectivity index (χ0n) is 9.70. The van der Waals surface area contributed by atoms with Crippen LogP contribution in [-0.2, 0) is 13.0 Å². The van der Waals surface area contributed by atoms with Gasteiger partial charge in [0.25, 0.3) is 0 Å². The van der Waals surface area contributed by atoms with Crippen LogP contribution in [0.5, 0.6) is 0 Å². The van der Waals surface area contributed by atoms with Gasteiger partial charge in [-0.05, 0) is 24.3 Å². The minimum atomic E-state index is -0.223. The summed E-state index contributed by atoms with van der Waals surface area (Å²) in [4.78, 5) is 3.26. The van der Waals surface area contributed by atoms with Crippen LogP contribution in [0.15, 0.2) is 30.5 Å². The van der Waals surface area contributed by atoms with Gasteiger partial charge < -0.3 is 10.7 Å². The molecule has 0 atom stereocenters. The van der Waals surface area contributed by atoms with Crippen molar-refractivity contribution in [3.8, 4) is 0 Å². The van der Waals surface area contributed by atoms with Crippen LogP contribution in [0.4, 0.5) is 4.39 Å². The second-order valence-electron chi connectivity index (χ2n) is 4.28. The fraction of sp³-hybridized carbons (Fsp3) is 0.154. The molecule has 2 aromatic heterocycles. The molecule has 0 saturated carbocycles. The van der Waals surface area contributed by atoms with Crippen LogP contribution in [0.2, 0.25) is 0 Å². The molecule has 0 bridgehead atoms. The first-order valence-corrected chi connectivity index (χ1v) is 5.74. The van der Waals surface area contributed by atoms with E-state index in [9.17, 15) is 4.39 Å². The molecule has 3 rings (SSSR count). The number of aromatic amines is 2. The van der Waals surface area contributed by atoms with E-state index in [-0.39, 0.29) is 5.82 Å². The molecule has 0 aliphatic carbocycles. The van der Waals surface area contributed by atoms with Crippen molar-refractivity contribution >= 4 is 10.9 Å². The number of benzene rings is 1. The summed E-state index contributed by atoms with van der Waals surface area (Å²) in [6.07, 6.45) is 2.48. The van der Waals surface area contributed by atoms with E-state index in [0.717, 1.165) is 27.9 Å². The third-order valence-corrected chi connectivity index (χ3v) is 3.03. The number of hydrogen-bond donors (Lipinski definition) is 3. The Morgan fingerprint density at radius 2 is 2.17 bits per heavy atom. The van der Waals surface area contributed by atoms with Gasteiger partial charge in [-0.3, -0.25) is 5.10 Å². The molecule has 0 fully saturated rings. The van der Waals surface area contributed by atoms with Gasteiger partial charge in [-0.25, -0.2) is 4.39 Å². The fourth-order valence-electron chi connectivity index (χ4n) is 2.13. The third kappa shape index (κ3) is 1.89. The summed E-state index contributed by atoms with van der Waals surface area (Å²) in [5.41, 5.74) is 9.56. The maximum atomic E-state index is 13.1. The lowest BCUT2D eigenvalue weighted by atomic mass is 10.1. The number of hydrogen-bond acceptors (Lipinski definition) is 2. The van der Waals surface area contributed by atoms with Crippen molar-refractivity contribution in [1.29, 1.82) is 0 Å².